The van der Waals surface area contributed by atoms with Crippen molar-refractivity contribution in [3.63, 3.8) is 0 Å². The molecule has 4 nitrogen and oxygen atoms in total. The highest BCUT2D eigenvalue weighted by Crippen LogP contribution is 2.20. The van der Waals surface area contributed by atoms with Crippen LogP contribution >= 0.6 is 0 Å². The average Bonchev–Trinajstić information content (AvgIpc) is 2.53. The van der Waals surface area contributed by atoms with E-state index in [-0.39, 0.29) is 6.61 Å². The smallest absolute Gasteiger partial charge is 0.193 e. The fraction of sp³-hybridized carbons (Fsp3) is 0.611. The van der Waals surface area contributed by atoms with Crippen LogP contribution < -0.4 is 11.1 Å². The molecule has 0 heterocycles. The maximum Gasteiger partial charge on any atom is 0.193 e. The molecule has 0 spiro atoms. The number of nitrogens with two attached hydrogens (primary N) is 1. The third-order valence-electron chi connectivity index (χ3n) is 4.12. The fourth-order valence-corrected chi connectivity index (χ4v) is 2.46. The second-order valence-corrected chi connectivity index (χ2v) is 5.95. The number of anilines is 1. The molecule has 2 unspecified atom stereocenters. The number of rotatable bonds is 9. The Morgan fingerprint density at radius 1 is 1.23 bits per heavy atom. The SMILES string of the molecule is CCCC(CCO)CN=C(N)Nc1ccc(C(C)CC)cc1. The lowest BCUT2D eigenvalue weighted by molar-refractivity contribution is 0.253. The number of benzene rings is 1. The van der Waals surface area contributed by atoms with E-state index in [2.05, 4.69) is 43.2 Å². The van der Waals surface area contributed by atoms with Crippen LogP contribution in [0, 0.1) is 5.92 Å². The van der Waals surface area contributed by atoms with E-state index in [1.807, 2.05) is 12.1 Å². The van der Waals surface area contributed by atoms with Crippen LogP contribution in [-0.4, -0.2) is 24.2 Å². The zero-order valence-corrected chi connectivity index (χ0v) is 14.2. The van der Waals surface area contributed by atoms with Gasteiger partial charge in [0.2, 0.25) is 0 Å². The van der Waals surface area contributed by atoms with E-state index >= 15 is 0 Å². The van der Waals surface area contributed by atoms with Crippen LogP contribution in [0.1, 0.15) is 57.9 Å². The summed E-state index contributed by atoms with van der Waals surface area (Å²) in [5.41, 5.74) is 8.25. The predicted octanol–water partition coefficient (Wildman–Crippen LogP) is 3.73. The topological polar surface area (TPSA) is 70.6 Å². The minimum absolute atomic E-state index is 0.213. The van der Waals surface area contributed by atoms with Gasteiger partial charge in [0.05, 0.1) is 0 Å². The average molecular weight is 305 g/mol. The minimum Gasteiger partial charge on any atom is -0.396 e. The van der Waals surface area contributed by atoms with Crippen LogP contribution in [0.5, 0.6) is 0 Å². The molecule has 1 rings (SSSR count). The molecule has 124 valence electrons. The van der Waals surface area contributed by atoms with Crippen LogP contribution in [0.2, 0.25) is 0 Å². The number of aliphatic hydroxyl groups excluding tert-OH is 1. The summed E-state index contributed by atoms with van der Waals surface area (Å²) in [5.74, 6) is 1.42. The largest absolute Gasteiger partial charge is 0.396 e. The second-order valence-electron chi connectivity index (χ2n) is 5.95. The molecule has 4 heteroatoms. The summed E-state index contributed by atoms with van der Waals surface area (Å²) < 4.78 is 0. The zero-order chi connectivity index (χ0) is 16.4. The van der Waals surface area contributed by atoms with Crippen LogP contribution in [0.25, 0.3) is 0 Å². The molecule has 0 aliphatic carbocycles. The highest BCUT2D eigenvalue weighted by Gasteiger charge is 2.07. The first-order chi connectivity index (χ1) is 10.6. The highest BCUT2D eigenvalue weighted by atomic mass is 16.3. The predicted molar refractivity (Wildman–Crippen MR) is 95.4 cm³/mol. The summed E-state index contributed by atoms with van der Waals surface area (Å²) in [6.07, 6.45) is 4.10. The van der Waals surface area contributed by atoms with Gasteiger partial charge in [-0.3, -0.25) is 4.99 Å². The summed E-state index contributed by atoms with van der Waals surface area (Å²) in [4.78, 5) is 4.40. The van der Waals surface area contributed by atoms with Crippen molar-refractivity contribution in [2.24, 2.45) is 16.6 Å². The molecule has 0 amide bonds. The van der Waals surface area contributed by atoms with Crippen LogP contribution in [0.3, 0.4) is 0 Å². The first kappa shape index (κ1) is 18.5. The molecule has 0 saturated carbocycles. The summed E-state index contributed by atoms with van der Waals surface area (Å²) in [5, 5.41) is 12.2. The van der Waals surface area contributed by atoms with Crippen LogP contribution in [-0.2, 0) is 0 Å². The van der Waals surface area contributed by atoms with Gasteiger partial charge in [-0.15, -0.1) is 0 Å². The number of nitrogens with one attached hydrogen (secondary N) is 1. The molecule has 0 aliphatic heterocycles. The maximum atomic E-state index is 9.06. The Kier molecular flexibility index (Phi) is 8.60. The third kappa shape index (κ3) is 6.48. The van der Waals surface area contributed by atoms with E-state index in [0.29, 0.717) is 24.3 Å². The molecule has 0 bridgehead atoms. The van der Waals surface area contributed by atoms with Gasteiger partial charge in [0, 0.05) is 18.8 Å². The quantitative estimate of drug-likeness (QED) is 0.481. The number of aliphatic hydroxyl groups is 1. The monoisotopic (exact) mass is 305 g/mol. The van der Waals surface area contributed by atoms with Gasteiger partial charge < -0.3 is 16.2 Å². The van der Waals surface area contributed by atoms with Gasteiger partial charge in [0.1, 0.15) is 0 Å². The van der Waals surface area contributed by atoms with Crippen LogP contribution in [0.4, 0.5) is 5.69 Å². The van der Waals surface area contributed by atoms with Crippen molar-refractivity contribution in [3.8, 4) is 0 Å². The van der Waals surface area contributed by atoms with E-state index in [4.69, 9.17) is 10.8 Å². The summed E-state index contributed by atoms with van der Waals surface area (Å²) in [6.45, 7) is 7.45. The molecule has 2 atom stereocenters. The molecule has 4 N–H and O–H groups in total. The van der Waals surface area contributed by atoms with Crippen molar-refractivity contribution in [1.29, 1.82) is 0 Å². The number of nitrogens with zero attached hydrogens (tertiary/aromatic N) is 1. The number of hydrogen-bond acceptors (Lipinski definition) is 2. The molecule has 0 saturated heterocycles. The Hall–Kier alpha value is -1.55. The van der Waals surface area contributed by atoms with Crippen molar-refractivity contribution in [2.75, 3.05) is 18.5 Å². The first-order valence-electron chi connectivity index (χ1n) is 8.38. The van der Waals surface area contributed by atoms with Crippen molar-refractivity contribution in [3.05, 3.63) is 29.8 Å². The lowest BCUT2D eigenvalue weighted by Gasteiger charge is -2.13. The van der Waals surface area contributed by atoms with Crippen LogP contribution in [0.15, 0.2) is 29.3 Å². The van der Waals surface area contributed by atoms with Gasteiger partial charge in [-0.05, 0) is 48.8 Å². The van der Waals surface area contributed by atoms with Gasteiger partial charge >= 0.3 is 0 Å². The fourth-order valence-electron chi connectivity index (χ4n) is 2.46. The number of aliphatic imine (C=N–C) groups is 1. The summed E-state index contributed by atoms with van der Waals surface area (Å²) in [7, 11) is 0. The maximum absolute atomic E-state index is 9.06. The van der Waals surface area contributed by atoms with Crippen molar-refractivity contribution in [2.45, 2.75) is 52.4 Å². The molecular weight excluding hydrogens is 274 g/mol. The van der Waals surface area contributed by atoms with Crippen molar-refractivity contribution in [1.82, 2.24) is 0 Å². The lowest BCUT2D eigenvalue weighted by Crippen LogP contribution is -2.24. The highest BCUT2D eigenvalue weighted by molar-refractivity contribution is 5.92. The van der Waals surface area contributed by atoms with E-state index in [1.54, 1.807) is 0 Å². The molecule has 1 aromatic carbocycles. The zero-order valence-electron chi connectivity index (χ0n) is 14.2. The summed E-state index contributed by atoms with van der Waals surface area (Å²) >= 11 is 0. The Bertz CT molecular complexity index is 436. The van der Waals surface area contributed by atoms with Crippen molar-refractivity contribution < 1.29 is 5.11 Å². The summed E-state index contributed by atoms with van der Waals surface area (Å²) in [6, 6.07) is 8.35. The van der Waals surface area contributed by atoms with E-state index < -0.39 is 0 Å². The second kappa shape index (κ2) is 10.2. The molecule has 0 aliphatic rings. The number of hydrogen-bond donors (Lipinski definition) is 3. The van der Waals surface area contributed by atoms with E-state index in [9.17, 15) is 0 Å². The first-order valence-corrected chi connectivity index (χ1v) is 8.38. The molecule has 0 aromatic heterocycles. The van der Waals surface area contributed by atoms with Crippen molar-refractivity contribution >= 4 is 11.6 Å². The van der Waals surface area contributed by atoms with Gasteiger partial charge in [0.15, 0.2) is 5.96 Å². The third-order valence-corrected chi connectivity index (χ3v) is 4.12. The van der Waals surface area contributed by atoms with E-state index in [0.717, 1.165) is 31.4 Å². The molecular formula is C18H31N3O. The Morgan fingerprint density at radius 3 is 2.45 bits per heavy atom. The molecule has 0 radical (unpaired) electrons. The Morgan fingerprint density at radius 2 is 1.91 bits per heavy atom. The minimum atomic E-state index is 0.213. The van der Waals surface area contributed by atoms with Gasteiger partial charge in [-0.1, -0.05) is 39.3 Å². The van der Waals surface area contributed by atoms with Gasteiger partial charge in [-0.25, -0.2) is 0 Å². The molecule has 1 aromatic rings. The standard InChI is InChI=1S/C18H31N3O/c1-4-6-15(11-12-22)13-20-18(19)21-17-9-7-16(8-10-17)14(3)5-2/h7-10,14-15,22H,4-6,11-13H2,1-3H3,(H3,19,20,21). The number of guanidine groups is 1. The van der Waals surface area contributed by atoms with Gasteiger partial charge in [-0.2, -0.15) is 0 Å². The normalized spacial score (nSPS) is 14.6. The van der Waals surface area contributed by atoms with E-state index in [1.165, 1.54) is 5.56 Å². The Labute approximate surface area is 134 Å². The lowest BCUT2D eigenvalue weighted by atomic mass is 9.99. The molecule has 22 heavy (non-hydrogen) atoms. The van der Waals surface area contributed by atoms with Gasteiger partial charge in [0.25, 0.3) is 0 Å². The molecule has 0 fully saturated rings. The Balaban J connectivity index is 2.55.